The van der Waals surface area contributed by atoms with Crippen LogP contribution in [0, 0.1) is 19.3 Å². The first kappa shape index (κ1) is 52.2. The van der Waals surface area contributed by atoms with E-state index in [1.54, 1.807) is 29.0 Å². The van der Waals surface area contributed by atoms with Gasteiger partial charge in [0.2, 0.25) is 23.7 Å². The number of fused-ring (bicyclic) bond motifs is 1. The van der Waals surface area contributed by atoms with Gasteiger partial charge in [0.15, 0.2) is 5.78 Å². The molecule has 72 heavy (non-hydrogen) atoms. The Hall–Kier alpha value is -6.11. The van der Waals surface area contributed by atoms with E-state index in [2.05, 4.69) is 46.8 Å². The quantitative estimate of drug-likeness (QED) is 0.0475. The van der Waals surface area contributed by atoms with E-state index in [0.29, 0.717) is 34.8 Å². The van der Waals surface area contributed by atoms with Crippen molar-refractivity contribution in [1.82, 2.24) is 44.9 Å². The molecule has 8 rings (SSSR count). The van der Waals surface area contributed by atoms with Gasteiger partial charge in [-0.25, -0.2) is 15.0 Å². The van der Waals surface area contributed by atoms with Gasteiger partial charge in [-0.15, -0.1) is 11.3 Å². The molecule has 18 heteroatoms. The first-order chi connectivity index (χ1) is 34.5. The highest BCUT2D eigenvalue weighted by Crippen LogP contribution is 2.33. The van der Waals surface area contributed by atoms with Gasteiger partial charge in [0.05, 0.1) is 39.6 Å². The molecule has 384 valence electrons. The molecule has 3 unspecified atom stereocenters. The van der Waals surface area contributed by atoms with Crippen LogP contribution in [0.4, 0.5) is 17.5 Å². The highest BCUT2D eigenvalue weighted by molar-refractivity contribution is 7.13. The van der Waals surface area contributed by atoms with Crippen LogP contribution < -0.4 is 26.4 Å². The van der Waals surface area contributed by atoms with Gasteiger partial charge in [-0.05, 0) is 87.2 Å². The molecule has 3 fully saturated rings. The third-order valence-electron chi connectivity index (χ3n) is 14.6. The topological polar surface area (TPSA) is 208 Å². The maximum absolute atomic E-state index is 14.1. The monoisotopic (exact) mass is 1000 g/mol. The smallest absolute Gasteiger partial charge is 0.263 e. The molecule has 17 nitrogen and oxygen atoms in total. The lowest BCUT2D eigenvalue weighted by molar-refractivity contribution is -0.144. The van der Waals surface area contributed by atoms with Gasteiger partial charge in [-0.1, -0.05) is 77.1 Å². The summed E-state index contributed by atoms with van der Waals surface area (Å²) in [6.45, 7) is 15.9. The summed E-state index contributed by atoms with van der Waals surface area (Å²) < 4.78 is 1.72. The van der Waals surface area contributed by atoms with E-state index in [0.717, 1.165) is 118 Å². The Kier molecular flexibility index (Phi) is 16.8. The summed E-state index contributed by atoms with van der Waals surface area (Å²) in [6.07, 6.45) is 11.8. The van der Waals surface area contributed by atoms with Crippen molar-refractivity contribution in [3.63, 3.8) is 0 Å². The minimum absolute atomic E-state index is 0.00509. The molecule has 4 aromatic heterocycles. The number of carbonyl (C=O) groups is 4. The van der Waals surface area contributed by atoms with Gasteiger partial charge in [-0.3, -0.25) is 33.4 Å². The van der Waals surface area contributed by atoms with Crippen molar-refractivity contribution in [1.29, 1.82) is 0 Å². The average Bonchev–Trinajstić information content (AvgIpc) is 4.14. The third kappa shape index (κ3) is 12.4. The van der Waals surface area contributed by atoms with Crippen molar-refractivity contribution >= 4 is 63.3 Å². The maximum atomic E-state index is 14.1. The molecular weight excluding hydrogens is 931 g/mol. The molecule has 2 aliphatic heterocycles. The molecule has 5 aromatic rings. The second kappa shape index (κ2) is 23.2. The number of aryl methyl sites for hydroxylation is 2. The van der Waals surface area contributed by atoms with Crippen LogP contribution in [0.3, 0.4) is 0 Å². The lowest BCUT2D eigenvalue weighted by Crippen LogP contribution is -2.57. The fourth-order valence-electron chi connectivity index (χ4n) is 10.5. The number of nitrogens with one attached hydrogen (secondary N) is 3. The Balaban J connectivity index is 0.732. The Morgan fingerprint density at radius 3 is 2.28 bits per heavy atom. The summed E-state index contributed by atoms with van der Waals surface area (Å²) in [5.41, 5.74) is 6.30. The number of piperazine rings is 1. The molecule has 4 N–H and O–H groups in total. The fourth-order valence-corrected chi connectivity index (χ4v) is 11.3. The van der Waals surface area contributed by atoms with Crippen LogP contribution in [0.15, 0.2) is 59.1 Å². The number of aromatic nitrogens is 5. The van der Waals surface area contributed by atoms with E-state index in [4.69, 9.17) is 4.98 Å². The second-order valence-corrected chi connectivity index (χ2v) is 21.8. The number of benzene rings is 1. The number of aliphatic hydroxyl groups is 1. The van der Waals surface area contributed by atoms with Crippen molar-refractivity contribution in [2.24, 2.45) is 5.41 Å². The number of carbonyl (C=O) groups excluding carboxylic acids is 4. The van der Waals surface area contributed by atoms with Gasteiger partial charge < -0.3 is 30.9 Å². The fraction of sp³-hybridized carbons (Fsp3) is 0.537. The predicted octanol–water partition coefficient (Wildman–Crippen LogP) is 7.26. The Morgan fingerprint density at radius 2 is 1.61 bits per heavy atom. The van der Waals surface area contributed by atoms with Gasteiger partial charge in [0, 0.05) is 69.7 Å². The highest BCUT2D eigenvalue weighted by atomic mass is 32.1. The number of Topliss-reactive ketones (excluding diaryl/α,β-unsaturated/α-hetero) is 1. The van der Waals surface area contributed by atoms with Crippen molar-refractivity contribution in [3.05, 3.63) is 87.0 Å². The van der Waals surface area contributed by atoms with Crippen LogP contribution in [-0.2, 0) is 20.9 Å². The number of pyridine rings is 2. The zero-order valence-corrected chi connectivity index (χ0v) is 43.5. The summed E-state index contributed by atoms with van der Waals surface area (Å²) >= 11 is 1.59. The number of aliphatic hydroxyl groups excluding tert-OH is 1. The Labute approximate surface area is 426 Å². The van der Waals surface area contributed by atoms with E-state index < -0.39 is 23.6 Å². The van der Waals surface area contributed by atoms with E-state index >= 15 is 0 Å². The minimum atomic E-state index is -0.850. The van der Waals surface area contributed by atoms with Gasteiger partial charge in [0.1, 0.15) is 23.5 Å². The molecule has 3 atom stereocenters. The minimum Gasteiger partial charge on any atom is -0.391 e. The largest absolute Gasteiger partial charge is 0.391 e. The number of nitrogens with zero attached hydrogens (tertiary/aromatic N) is 8. The van der Waals surface area contributed by atoms with Crippen LogP contribution in [0.2, 0.25) is 0 Å². The Bertz CT molecular complexity index is 2780. The highest BCUT2D eigenvalue weighted by Gasteiger charge is 2.44. The van der Waals surface area contributed by atoms with Crippen LogP contribution in [-0.4, -0.2) is 120 Å². The molecule has 1 aliphatic carbocycles. The average molecular weight is 1000 g/mol. The van der Waals surface area contributed by atoms with Gasteiger partial charge in [0.25, 0.3) is 5.56 Å². The summed E-state index contributed by atoms with van der Waals surface area (Å²) in [4.78, 5) is 92.7. The van der Waals surface area contributed by atoms with Crippen molar-refractivity contribution in [3.8, 4) is 10.4 Å². The molecule has 1 saturated carbocycles. The number of anilines is 3. The normalized spacial score (nSPS) is 18.2. The summed E-state index contributed by atoms with van der Waals surface area (Å²) in [5.74, 6) is -0.177. The van der Waals surface area contributed by atoms with E-state index in [1.807, 2.05) is 69.7 Å². The van der Waals surface area contributed by atoms with Crippen LogP contribution in [0.5, 0.6) is 0 Å². The zero-order chi connectivity index (χ0) is 51.1. The maximum Gasteiger partial charge on any atom is 0.263 e. The molecular formula is C54H71N11O6S. The number of rotatable bonds is 19. The van der Waals surface area contributed by atoms with Crippen molar-refractivity contribution in [2.75, 3.05) is 49.5 Å². The summed E-state index contributed by atoms with van der Waals surface area (Å²) in [5, 5.41) is 20.5. The number of hydrogen-bond donors (Lipinski definition) is 4. The van der Waals surface area contributed by atoms with Crippen LogP contribution in [0.1, 0.15) is 132 Å². The number of likely N-dealkylation sites (tertiary alicyclic amines) is 1. The number of thiazole rings is 1. The number of hydrogen-bond acceptors (Lipinski definition) is 14. The molecule has 3 amide bonds. The van der Waals surface area contributed by atoms with Gasteiger partial charge >= 0.3 is 0 Å². The number of amides is 3. The van der Waals surface area contributed by atoms with Crippen LogP contribution >= 0.6 is 11.3 Å². The zero-order valence-electron chi connectivity index (χ0n) is 42.7. The molecule has 3 aliphatic rings. The standard InChI is InChI=1S/C54H71N11O6S/c1-34-42-31-57-53(61-49(42)65(39-14-11-12-15-39)51(70)46(34)36(3)66)59-44-22-21-40(30-55-44)63-26-24-62(25-27-63)23-13-9-7-8-10-16-45(68)60-48(54(4,5)6)52(71)64-32-41(67)28-43(64)50(69)56-29-37-17-19-38(20-18-37)47-35(2)58-33-72-47/h17-22,30-31,33,39,41,43,48,67H,7-16,23-29,32H2,1-6H3,(H,56,69)(H,60,68)(H,55,57,59,61). The summed E-state index contributed by atoms with van der Waals surface area (Å²) in [6, 6.07) is 10.2. The number of β-amino-alcohol motifs (C(OH)–C–C–N with tert-alkyl or cyclic N) is 1. The Morgan fingerprint density at radius 1 is 0.889 bits per heavy atom. The van der Waals surface area contributed by atoms with Crippen molar-refractivity contribution < 1.29 is 24.3 Å². The number of unbranched alkanes of at least 4 members (excludes halogenated alkanes) is 4. The predicted molar refractivity (Wildman–Crippen MR) is 282 cm³/mol. The second-order valence-electron chi connectivity index (χ2n) is 20.9. The van der Waals surface area contributed by atoms with E-state index in [9.17, 15) is 29.1 Å². The van der Waals surface area contributed by atoms with E-state index in [-0.39, 0.29) is 60.2 Å². The molecule has 1 aromatic carbocycles. The lowest BCUT2D eigenvalue weighted by Gasteiger charge is -2.36. The third-order valence-corrected chi connectivity index (χ3v) is 15.5. The number of ketones is 1. The SMILES string of the molecule is CC(=O)c1c(C)c2cnc(Nc3ccc(N4CCN(CCCCCCCC(=O)NC(C(=O)N5CC(O)CC5C(=O)NCc5ccc(-c6scnc6C)cc5)C(C)(C)C)CC4)cn3)nc2n(C2CCCC2)c1=O. The summed E-state index contributed by atoms with van der Waals surface area (Å²) in [7, 11) is 0. The molecule has 0 radical (unpaired) electrons. The molecule has 0 spiro atoms. The first-order valence-electron chi connectivity index (χ1n) is 25.7. The van der Waals surface area contributed by atoms with Crippen molar-refractivity contribution in [2.45, 2.75) is 143 Å². The molecule has 6 heterocycles. The lowest BCUT2D eigenvalue weighted by atomic mass is 9.85. The van der Waals surface area contributed by atoms with Gasteiger partial charge in [-0.2, -0.15) is 4.98 Å². The molecule has 0 bridgehead atoms. The van der Waals surface area contributed by atoms with Crippen LogP contribution in [0.25, 0.3) is 21.5 Å². The van der Waals surface area contributed by atoms with E-state index in [1.165, 1.54) is 11.8 Å². The molecule has 2 saturated heterocycles. The first-order valence-corrected chi connectivity index (χ1v) is 26.6.